The number of hydrogen-bond acceptors (Lipinski definition) is 7. The zero-order valence-corrected chi connectivity index (χ0v) is 13.0. The number of carboxylic acids is 1. The van der Waals surface area contributed by atoms with Crippen LogP contribution in [0.25, 0.3) is 0 Å². The molecule has 6 N–H and O–H groups in total. The van der Waals surface area contributed by atoms with Crippen LogP contribution in [0.1, 0.15) is 27.2 Å². The van der Waals surface area contributed by atoms with Crippen LogP contribution in [0.2, 0.25) is 0 Å². The van der Waals surface area contributed by atoms with Crippen LogP contribution in [0.3, 0.4) is 0 Å². The molecule has 1 saturated heterocycles. The highest BCUT2D eigenvalue weighted by Gasteiger charge is 2.53. The van der Waals surface area contributed by atoms with Gasteiger partial charge in [0.2, 0.25) is 11.8 Å². The van der Waals surface area contributed by atoms with Gasteiger partial charge in [0.05, 0.1) is 24.3 Å². The van der Waals surface area contributed by atoms with Crippen LogP contribution < -0.4 is 10.6 Å². The molecule has 1 aliphatic rings. The molecule has 0 bridgehead atoms. The topological polar surface area (TPSA) is 165 Å². The molecule has 1 aliphatic heterocycles. The summed E-state index contributed by atoms with van der Waals surface area (Å²) < 4.78 is 5.15. The van der Waals surface area contributed by atoms with E-state index in [1.165, 1.54) is 20.8 Å². The summed E-state index contributed by atoms with van der Waals surface area (Å²) in [5.74, 6) is -5.50. The molecule has 0 aromatic rings. The monoisotopic (exact) mass is 334 g/mol. The Bertz CT molecular complexity index is 465. The van der Waals surface area contributed by atoms with Gasteiger partial charge in [-0.25, -0.2) is 4.79 Å². The van der Waals surface area contributed by atoms with E-state index in [1.54, 1.807) is 0 Å². The van der Waals surface area contributed by atoms with Gasteiger partial charge in [-0.1, -0.05) is 0 Å². The summed E-state index contributed by atoms with van der Waals surface area (Å²) in [7, 11) is 0. The number of aliphatic hydroxyl groups is 3. The molecule has 10 heteroatoms. The first-order chi connectivity index (χ1) is 10.5. The second-order valence-corrected chi connectivity index (χ2v) is 5.64. The van der Waals surface area contributed by atoms with Crippen molar-refractivity contribution in [3.63, 3.8) is 0 Å². The molecular weight excluding hydrogens is 312 g/mol. The molecule has 0 aromatic heterocycles. The van der Waals surface area contributed by atoms with Crippen molar-refractivity contribution in [2.75, 3.05) is 0 Å². The summed E-state index contributed by atoms with van der Waals surface area (Å²) in [6, 6.07) is -2.29. The van der Waals surface area contributed by atoms with Crippen LogP contribution >= 0.6 is 0 Å². The molecule has 1 rings (SSSR count). The first kappa shape index (κ1) is 19.3. The van der Waals surface area contributed by atoms with Crippen molar-refractivity contribution in [2.45, 2.75) is 63.4 Å². The van der Waals surface area contributed by atoms with Gasteiger partial charge in [-0.15, -0.1) is 0 Å². The van der Waals surface area contributed by atoms with Crippen molar-refractivity contribution in [3.8, 4) is 0 Å². The molecule has 0 radical (unpaired) electrons. The van der Waals surface area contributed by atoms with Gasteiger partial charge < -0.3 is 35.8 Å². The van der Waals surface area contributed by atoms with Gasteiger partial charge in [0.25, 0.3) is 5.79 Å². The Morgan fingerprint density at radius 1 is 1.26 bits per heavy atom. The van der Waals surface area contributed by atoms with Crippen molar-refractivity contribution in [2.24, 2.45) is 0 Å². The second-order valence-electron chi connectivity index (χ2n) is 5.64. The number of aliphatic hydroxyl groups excluding tert-OH is 2. The van der Waals surface area contributed by atoms with Crippen LogP contribution in [0.15, 0.2) is 0 Å². The Morgan fingerprint density at radius 2 is 1.83 bits per heavy atom. The van der Waals surface area contributed by atoms with Crippen LogP contribution in [-0.4, -0.2) is 74.4 Å². The fourth-order valence-electron chi connectivity index (χ4n) is 2.54. The Morgan fingerprint density at radius 3 is 2.22 bits per heavy atom. The van der Waals surface area contributed by atoms with Crippen LogP contribution in [0, 0.1) is 0 Å². The summed E-state index contributed by atoms with van der Waals surface area (Å²) in [5, 5.41) is 43.8. The molecule has 132 valence electrons. The number of nitrogens with one attached hydrogen (secondary N) is 2. The predicted octanol–water partition coefficient (Wildman–Crippen LogP) is -2.70. The Hall–Kier alpha value is -1.75. The Balaban J connectivity index is 3.21. The number of aliphatic carboxylic acids is 1. The summed E-state index contributed by atoms with van der Waals surface area (Å²) in [5.41, 5.74) is 0. The average molecular weight is 334 g/mol. The number of carboxylic acid groups (broad SMARTS) is 1. The maximum Gasteiger partial charge on any atom is 0.364 e. The SMILES string of the molecule is CC(=O)NC(C(C)O)C1OC(O)(C(=O)O)CC(O)C1NC(C)=O. The number of ether oxygens (including phenoxy) is 1. The van der Waals surface area contributed by atoms with Gasteiger partial charge in [-0.05, 0) is 6.92 Å². The fourth-order valence-corrected chi connectivity index (χ4v) is 2.54. The van der Waals surface area contributed by atoms with Gasteiger partial charge in [-0.2, -0.15) is 0 Å². The van der Waals surface area contributed by atoms with E-state index in [1.807, 2.05) is 0 Å². The normalized spacial score (nSPS) is 33.4. The molecule has 6 unspecified atom stereocenters. The fraction of sp³-hybridized carbons (Fsp3) is 0.769. The summed E-state index contributed by atoms with van der Waals surface area (Å²) in [4.78, 5) is 33.8. The highest BCUT2D eigenvalue weighted by Crippen LogP contribution is 2.30. The van der Waals surface area contributed by atoms with Crippen LogP contribution in [0.5, 0.6) is 0 Å². The van der Waals surface area contributed by atoms with Gasteiger partial charge in [0, 0.05) is 20.3 Å². The van der Waals surface area contributed by atoms with Crippen molar-refractivity contribution < 1.29 is 39.5 Å². The smallest absolute Gasteiger partial charge is 0.364 e. The van der Waals surface area contributed by atoms with Crippen LogP contribution in [0.4, 0.5) is 0 Å². The number of hydrogen-bond donors (Lipinski definition) is 6. The first-order valence-electron chi connectivity index (χ1n) is 7.02. The summed E-state index contributed by atoms with van der Waals surface area (Å²) >= 11 is 0. The van der Waals surface area contributed by atoms with E-state index >= 15 is 0 Å². The minimum atomic E-state index is -2.70. The van der Waals surface area contributed by atoms with Gasteiger partial charge in [0.15, 0.2) is 0 Å². The lowest BCUT2D eigenvalue weighted by atomic mass is 9.87. The molecular formula is C13H22N2O8. The summed E-state index contributed by atoms with van der Waals surface area (Å²) in [6.07, 6.45) is -4.72. The summed E-state index contributed by atoms with van der Waals surface area (Å²) in [6.45, 7) is 3.67. The molecule has 2 amide bonds. The molecule has 1 heterocycles. The minimum Gasteiger partial charge on any atom is -0.477 e. The van der Waals surface area contributed by atoms with E-state index in [-0.39, 0.29) is 0 Å². The minimum absolute atomic E-state index is 0.532. The quantitative estimate of drug-likeness (QED) is 0.316. The zero-order valence-electron chi connectivity index (χ0n) is 13.0. The number of amides is 2. The molecule has 0 spiro atoms. The lowest BCUT2D eigenvalue weighted by Crippen LogP contribution is -2.69. The largest absolute Gasteiger partial charge is 0.477 e. The Labute approximate surface area is 132 Å². The highest BCUT2D eigenvalue weighted by atomic mass is 16.7. The zero-order chi connectivity index (χ0) is 17.9. The molecule has 1 fully saturated rings. The van der Waals surface area contributed by atoms with Crippen molar-refractivity contribution in [1.29, 1.82) is 0 Å². The van der Waals surface area contributed by atoms with Crippen LogP contribution in [-0.2, 0) is 19.1 Å². The molecule has 23 heavy (non-hydrogen) atoms. The average Bonchev–Trinajstić information content (AvgIpc) is 2.38. The molecule has 10 nitrogen and oxygen atoms in total. The number of carbonyl (C=O) groups is 3. The van der Waals surface area contributed by atoms with E-state index < -0.39 is 60.4 Å². The lowest BCUT2D eigenvalue weighted by Gasteiger charge is -2.45. The van der Waals surface area contributed by atoms with Crippen molar-refractivity contribution >= 4 is 17.8 Å². The molecule has 0 aromatic carbocycles. The van der Waals surface area contributed by atoms with E-state index in [0.29, 0.717) is 0 Å². The molecule has 0 saturated carbocycles. The van der Waals surface area contributed by atoms with E-state index in [4.69, 9.17) is 9.84 Å². The van der Waals surface area contributed by atoms with E-state index in [0.717, 1.165) is 0 Å². The highest BCUT2D eigenvalue weighted by molar-refractivity contribution is 5.76. The Kier molecular flexibility index (Phi) is 6.05. The standard InChI is InChI=1S/C13H22N2O8/c1-5(16)9(14-6(2)17)11-10(15-7(3)18)8(19)4-13(22,23-11)12(20)21/h5,8-11,16,19,22H,4H2,1-3H3,(H,14,17)(H,15,18)(H,20,21). The third-order valence-electron chi connectivity index (χ3n) is 3.53. The molecule has 6 atom stereocenters. The maximum absolute atomic E-state index is 11.3. The third-order valence-corrected chi connectivity index (χ3v) is 3.53. The predicted molar refractivity (Wildman–Crippen MR) is 75.0 cm³/mol. The number of carbonyl (C=O) groups excluding carboxylic acids is 2. The van der Waals surface area contributed by atoms with E-state index in [2.05, 4.69) is 10.6 Å². The number of rotatable bonds is 5. The van der Waals surface area contributed by atoms with Crippen molar-refractivity contribution in [1.82, 2.24) is 10.6 Å². The maximum atomic E-state index is 11.3. The molecule has 0 aliphatic carbocycles. The van der Waals surface area contributed by atoms with Crippen molar-refractivity contribution in [3.05, 3.63) is 0 Å². The third kappa shape index (κ3) is 4.61. The second kappa shape index (κ2) is 7.21. The van der Waals surface area contributed by atoms with E-state index in [9.17, 15) is 29.7 Å². The van der Waals surface area contributed by atoms with Gasteiger partial charge >= 0.3 is 5.97 Å². The first-order valence-corrected chi connectivity index (χ1v) is 7.02. The van der Waals surface area contributed by atoms with Gasteiger partial charge in [-0.3, -0.25) is 9.59 Å². The lowest BCUT2D eigenvalue weighted by molar-refractivity contribution is -0.283. The van der Waals surface area contributed by atoms with Gasteiger partial charge in [0.1, 0.15) is 6.10 Å².